The molecule has 4 aliphatic carbocycles. The summed E-state index contributed by atoms with van der Waals surface area (Å²) in [5.74, 6) is 3.36. The molecule has 2 fully saturated rings. The maximum absolute atomic E-state index is 12.3. The van der Waals surface area contributed by atoms with Crippen LogP contribution >= 0.6 is 0 Å². The average Bonchev–Trinajstić information content (AvgIpc) is 2.98. The Balaban J connectivity index is 1.72. The fourth-order valence-corrected chi connectivity index (χ4v) is 7.66. The zero-order valence-electron chi connectivity index (χ0n) is 18.2. The van der Waals surface area contributed by atoms with Crippen molar-refractivity contribution in [3.63, 3.8) is 0 Å². The molecule has 0 N–H and O–H groups in total. The summed E-state index contributed by atoms with van der Waals surface area (Å²) in [4.78, 5) is 24.4. The highest BCUT2D eigenvalue weighted by Gasteiger charge is 2.59. The summed E-state index contributed by atoms with van der Waals surface area (Å²) >= 11 is 0. The summed E-state index contributed by atoms with van der Waals surface area (Å²) in [6, 6.07) is 0. The van der Waals surface area contributed by atoms with Gasteiger partial charge in [0.25, 0.3) is 0 Å². The molecule has 0 spiro atoms. The number of aldehydes is 1. The number of carbonyl (C=O) groups excluding carboxylic acids is 2. The molecule has 0 aromatic carbocycles. The molecule has 0 heterocycles. The third-order valence-corrected chi connectivity index (χ3v) is 8.89. The second-order valence-corrected chi connectivity index (χ2v) is 10.6. The maximum atomic E-state index is 12.3. The summed E-state index contributed by atoms with van der Waals surface area (Å²) in [6.45, 7) is 10.7. The highest BCUT2D eigenvalue weighted by Crippen LogP contribution is 2.66. The molecule has 0 unspecified atom stereocenters. The predicted molar refractivity (Wildman–Crippen MR) is 111 cm³/mol. The second-order valence-electron chi connectivity index (χ2n) is 10.6. The van der Waals surface area contributed by atoms with Crippen LogP contribution in [0.15, 0.2) is 23.0 Å². The van der Waals surface area contributed by atoms with E-state index in [1.165, 1.54) is 12.0 Å². The van der Waals surface area contributed by atoms with Gasteiger partial charge < -0.3 is 4.74 Å². The Hall–Kier alpha value is -1.38. The first-order valence-corrected chi connectivity index (χ1v) is 11.3. The molecule has 3 heteroatoms. The molecule has 4 aliphatic rings. The molecule has 3 nitrogen and oxygen atoms in total. The highest BCUT2D eigenvalue weighted by atomic mass is 16.5. The molecule has 28 heavy (non-hydrogen) atoms. The van der Waals surface area contributed by atoms with Crippen LogP contribution in [0.2, 0.25) is 0 Å². The van der Waals surface area contributed by atoms with Crippen LogP contribution in [0.5, 0.6) is 0 Å². The van der Waals surface area contributed by atoms with Gasteiger partial charge in [-0.1, -0.05) is 13.8 Å². The number of allylic oxidation sites excluding steroid dienone is 4. The smallest absolute Gasteiger partial charge is 0.146 e. The van der Waals surface area contributed by atoms with E-state index in [4.69, 9.17) is 4.74 Å². The van der Waals surface area contributed by atoms with Crippen LogP contribution in [0.3, 0.4) is 0 Å². The number of hydrogen-bond donors (Lipinski definition) is 0. The van der Waals surface area contributed by atoms with E-state index in [2.05, 4.69) is 33.8 Å². The molecule has 0 radical (unpaired) electrons. The second kappa shape index (κ2) is 6.85. The number of ketones is 1. The van der Waals surface area contributed by atoms with Gasteiger partial charge in [0.2, 0.25) is 0 Å². The zero-order chi connectivity index (χ0) is 20.3. The van der Waals surface area contributed by atoms with Gasteiger partial charge in [-0.3, -0.25) is 9.59 Å². The number of ether oxygens (including phenoxy) is 1. The molecule has 0 amide bonds. The minimum atomic E-state index is 0.0681. The molecular formula is C25H36O3. The number of rotatable bonds is 4. The van der Waals surface area contributed by atoms with E-state index in [0.29, 0.717) is 23.5 Å². The van der Waals surface area contributed by atoms with Crippen LogP contribution in [0.25, 0.3) is 0 Å². The molecule has 0 aliphatic heterocycles. The van der Waals surface area contributed by atoms with Crippen molar-refractivity contribution < 1.29 is 14.3 Å². The summed E-state index contributed by atoms with van der Waals surface area (Å²) < 4.78 is 6.01. The highest BCUT2D eigenvalue weighted by molar-refractivity contribution is 5.80. The third kappa shape index (κ3) is 2.83. The average molecular weight is 385 g/mol. The summed E-state index contributed by atoms with van der Waals surface area (Å²) in [6.07, 6.45) is 10.9. The number of carbonyl (C=O) groups is 2. The Bertz CT molecular complexity index is 745. The van der Waals surface area contributed by atoms with Gasteiger partial charge in [0.15, 0.2) is 0 Å². The van der Waals surface area contributed by atoms with E-state index >= 15 is 0 Å². The van der Waals surface area contributed by atoms with Crippen molar-refractivity contribution in [3.8, 4) is 0 Å². The standard InChI is InChI=1S/C25H36O3/c1-15(2)28-18-8-10-25(5)22-9-11-24(4)20(16(3)27)6-7-21(24)19(22)12-17(14-26)23(25)13-18/h13-15,19-22H,6-12H2,1-5H3/t19-,20+,21-,22-,24+,25+/m0/s1. The van der Waals surface area contributed by atoms with Crippen LogP contribution in [0.1, 0.15) is 79.6 Å². The van der Waals surface area contributed by atoms with Crippen LogP contribution < -0.4 is 0 Å². The Morgan fingerprint density at radius 1 is 1.18 bits per heavy atom. The van der Waals surface area contributed by atoms with Gasteiger partial charge in [-0.25, -0.2) is 0 Å². The largest absolute Gasteiger partial charge is 0.495 e. The van der Waals surface area contributed by atoms with Gasteiger partial charge in [0.05, 0.1) is 11.9 Å². The van der Waals surface area contributed by atoms with E-state index in [1.807, 2.05) is 0 Å². The molecule has 2 saturated carbocycles. The predicted octanol–water partition coefficient (Wildman–Crippen LogP) is 5.64. The van der Waals surface area contributed by atoms with E-state index < -0.39 is 0 Å². The number of fused-ring (bicyclic) bond motifs is 5. The molecule has 0 aromatic rings. The molecular weight excluding hydrogens is 348 g/mol. The van der Waals surface area contributed by atoms with E-state index in [0.717, 1.165) is 56.1 Å². The van der Waals surface area contributed by atoms with Gasteiger partial charge in [-0.05, 0) is 105 Å². The molecule has 4 rings (SSSR count). The van der Waals surface area contributed by atoms with Crippen molar-refractivity contribution in [2.75, 3.05) is 0 Å². The fourth-order valence-electron chi connectivity index (χ4n) is 7.66. The summed E-state index contributed by atoms with van der Waals surface area (Å²) in [5.41, 5.74) is 2.43. The monoisotopic (exact) mass is 384 g/mol. The molecule has 0 bridgehead atoms. The van der Waals surface area contributed by atoms with Crippen molar-refractivity contribution in [2.45, 2.75) is 85.7 Å². The zero-order valence-corrected chi connectivity index (χ0v) is 18.2. The van der Waals surface area contributed by atoms with Crippen molar-refractivity contribution >= 4 is 12.1 Å². The first-order chi connectivity index (χ1) is 13.2. The maximum Gasteiger partial charge on any atom is 0.146 e. The van der Waals surface area contributed by atoms with Crippen molar-refractivity contribution in [2.24, 2.45) is 34.5 Å². The lowest BCUT2D eigenvalue weighted by molar-refractivity contribution is -0.127. The number of Topliss-reactive ketones (excluding diaryl/α,β-unsaturated/α-hetero) is 1. The Morgan fingerprint density at radius 2 is 1.93 bits per heavy atom. The normalized spacial score (nSPS) is 42.4. The minimum absolute atomic E-state index is 0.0681. The first kappa shape index (κ1) is 19.9. The minimum Gasteiger partial charge on any atom is -0.495 e. The van der Waals surface area contributed by atoms with Gasteiger partial charge in [-0.15, -0.1) is 0 Å². The molecule has 0 aromatic heterocycles. The van der Waals surface area contributed by atoms with E-state index in [9.17, 15) is 9.59 Å². The lowest BCUT2D eigenvalue weighted by Gasteiger charge is -2.57. The SMILES string of the molecule is CC(=O)[C@H]1CC[C@H]2[C@@H]3CC(C=O)=C4C=C(OC(C)C)CC[C@]4(C)[C@H]3CC[C@]12C. The summed E-state index contributed by atoms with van der Waals surface area (Å²) in [7, 11) is 0. The van der Waals surface area contributed by atoms with Crippen molar-refractivity contribution in [1.29, 1.82) is 0 Å². The quantitative estimate of drug-likeness (QED) is 0.589. The number of hydrogen-bond acceptors (Lipinski definition) is 3. The van der Waals surface area contributed by atoms with Crippen LogP contribution in [0, 0.1) is 34.5 Å². The topological polar surface area (TPSA) is 43.4 Å². The van der Waals surface area contributed by atoms with Gasteiger partial charge >= 0.3 is 0 Å². The first-order valence-electron chi connectivity index (χ1n) is 11.3. The van der Waals surface area contributed by atoms with E-state index in [-0.39, 0.29) is 22.9 Å². The Labute approximate surface area is 170 Å². The van der Waals surface area contributed by atoms with Crippen LogP contribution in [-0.4, -0.2) is 18.2 Å². The third-order valence-electron chi connectivity index (χ3n) is 8.89. The molecule has 6 atom stereocenters. The van der Waals surface area contributed by atoms with Crippen molar-refractivity contribution in [1.82, 2.24) is 0 Å². The molecule has 154 valence electrons. The van der Waals surface area contributed by atoms with Crippen molar-refractivity contribution in [3.05, 3.63) is 23.0 Å². The van der Waals surface area contributed by atoms with Gasteiger partial charge in [-0.2, -0.15) is 0 Å². The van der Waals surface area contributed by atoms with E-state index in [1.54, 1.807) is 6.92 Å². The van der Waals surface area contributed by atoms with Gasteiger partial charge in [0.1, 0.15) is 12.1 Å². The van der Waals surface area contributed by atoms with Crippen LogP contribution in [-0.2, 0) is 14.3 Å². The Kier molecular flexibility index (Phi) is 4.87. The Morgan fingerprint density at radius 3 is 2.57 bits per heavy atom. The fraction of sp³-hybridized carbons (Fsp3) is 0.760. The summed E-state index contributed by atoms with van der Waals surface area (Å²) in [5, 5.41) is 0. The van der Waals surface area contributed by atoms with Gasteiger partial charge in [0, 0.05) is 12.3 Å². The lowest BCUT2D eigenvalue weighted by atomic mass is 9.47. The molecule has 0 saturated heterocycles. The van der Waals surface area contributed by atoms with Crippen LogP contribution in [0.4, 0.5) is 0 Å². The lowest BCUT2D eigenvalue weighted by Crippen LogP contribution is -2.50.